The summed E-state index contributed by atoms with van der Waals surface area (Å²) in [6.45, 7) is 0. The van der Waals surface area contributed by atoms with Crippen LogP contribution in [0.15, 0.2) is 65.2 Å². The van der Waals surface area contributed by atoms with Crippen LogP contribution in [0.5, 0.6) is 0 Å². The number of fused-ring (bicyclic) bond motifs is 2. The molecule has 0 atom stereocenters. The molecule has 0 amide bonds. The number of halogens is 1. The molecule has 0 saturated carbocycles. The highest BCUT2D eigenvalue weighted by molar-refractivity contribution is 6.35. The number of furan rings is 1. The summed E-state index contributed by atoms with van der Waals surface area (Å²) in [6, 6.07) is 18.9. The van der Waals surface area contributed by atoms with Crippen molar-refractivity contribution in [2.45, 2.75) is 0 Å². The highest BCUT2D eigenvalue weighted by Crippen LogP contribution is 2.36. The summed E-state index contributed by atoms with van der Waals surface area (Å²) in [6.07, 6.45) is 1.69. The second-order valence-electron chi connectivity index (χ2n) is 6.45. The van der Waals surface area contributed by atoms with Crippen LogP contribution in [-0.4, -0.2) is 15.0 Å². The van der Waals surface area contributed by atoms with Crippen molar-refractivity contribution in [2.24, 2.45) is 0 Å². The molecule has 2 N–H and O–H groups in total. The minimum absolute atomic E-state index is 0.0419. The lowest BCUT2D eigenvalue weighted by molar-refractivity contribution is 0.628. The Balaban J connectivity index is 1.81. The molecule has 0 aliphatic heterocycles. The number of aromatic nitrogens is 3. The van der Waals surface area contributed by atoms with Gasteiger partial charge in [0.2, 0.25) is 0 Å². The quantitative estimate of drug-likeness (QED) is 0.438. The smallest absolute Gasteiger partial charge is 0.183 e. The molecule has 7 heteroatoms. The molecule has 3 aromatic heterocycles. The summed E-state index contributed by atoms with van der Waals surface area (Å²) in [5, 5.41) is 11.7. The standard InChI is InChI=1S/C22H12ClN5O/c23-15-9-14(8-13-5-3-7-26-19(13)15)20-21(28-22(25)16(11-24)27-20)18-10-12-4-1-2-6-17(12)29-18/h1-10H,(H2,25,28). The molecule has 2 aromatic carbocycles. The Morgan fingerprint density at radius 1 is 0.966 bits per heavy atom. The predicted octanol–water partition coefficient (Wildman–Crippen LogP) is 5.21. The zero-order chi connectivity index (χ0) is 20.0. The van der Waals surface area contributed by atoms with Crippen molar-refractivity contribution < 1.29 is 4.42 Å². The van der Waals surface area contributed by atoms with Gasteiger partial charge in [-0.3, -0.25) is 4.98 Å². The summed E-state index contributed by atoms with van der Waals surface area (Å²) in [4.78, 5) is 13.2. The summed E-state index contributed by atoms with van der Waals surface area (Å²) >= 11 is 6.46. The first-order valence-electron chi connectivity index (χ1n) is 8.75. The van der Waals surface area contributed by atoms with Crippen molar-refractivity contribution in [3.63, 3.8) is 0 Å². The van der Waals surface area contributed by atoms with Crippen LogP contribution in [0.25, 0.3) is 44.6 Å². The molecule has 0 aliphatic carbocycles. The SMILES string of the molecule is N#Cc1nc(-c2cc(Cl)c3ncccc3c2)c(-c2cc3ccccc3o2)nc1N. The molecular weight excluding hydrogens is 386 g/mol. The molecule has 0 radical (unpaired) electrons. The van der Waals surface area contributed by atoms with E-state index in [9.17, 15) is 5.26 Å². The van der Waals surface area contributed by atoms with Crippen molar-refractivity contribution in [1.29, 1.82) is 5.26 Å². The Kier molecular flexibility index (Phi) is 3.90. The number of hydrogen-bond donors (Lipinski definition) is 1. The third-order valence-electron chi connectivity index (χ3n) is 4.62. The molecule has 0 bridgehead atoms. The highest BCUT2D eigenvalue weighted by atomic mass is 35.5. The van der Waals surface area contributed by atoms with E-state index in [4.69, 9.17) is 21.8 Å². The van der Waals surface area contributed by atoms with Crippen molar-refractivity contribution in [2.75, 3.05) is 5.73 Å². The van der Waals surface area contributed by atoms with Crippen LogP contribution < -0.4 is 5.73 Å². The van der Waals surface area contributed by atoms with E-state index in [2.05, 4.69) is 15.0 Å². The van der Waals surface area contributed by atoms with E-state index in [1.165, 1.54) is 0 Å². The monoisotopic (exact) mass is 397 g/mol. The van der Waals surface area contributed by atoms with Gasteiger partial charge in [-0.05, 0) is 30.3 Å². The lowest BCUT2D eigenvalue weighted by atomic mass is 10.0. The summed E-state index contributed by atoms with van der Waals surface area (Å²) in [5.74, 6) is 0.549. The molecule has 0 unspecified atom stereocenters. The fourth-order valence-corrected chi connectivity index (χ4v) is 3.56. The molecule has 29 heavy (non-hydrogen) atoms. The zero-order valence-electron chi connectivity index (χ0n) is 14.9. The number of hydrogen-bond acceptors (Lipinski definition) is 6. The van der Waals surface area contributed by atoms with Crippen LogP contribution in [0, 0.1) is 11.3 Å². The van der Waals surface area contributed by atoms with Gasteiger partial charge in [-0.25, -0.2) is 9.97 Å². The van der Waals surface area contributed by atoms with Crippen LogP contribution in [0.3, 0.4) is 0 Å². The number of nitrogens with zero attached hydrogens (tertiary/aromatic N) is 4. The van der Waals surface area contributed by atoms with Crippen LogP contribution in [0.2, 0.25) is 5.02 Å². The maximum atomic E-state index is 9.40. The van der Waals surface area contributed by atoms with E-state index in [0.29, 0.717) is 33.3 Å². The van der Waals surface area contributed by atoms with Gasteiger partial charge in [0.25, 0.3) is 0 Å². The zero-order valence-corrected chi connectivity index (χ0v) is 15.7. The number of nitriles is 1. The summed E-state index contributed by atoms with van der Waals surface area (Å²) in [5.41, 5.74) is 9.00. The van der Waals surface area contributed by atoms with E-state index in [1.807, 2.05) is 54.6 Å². The summed E-state index contributed by atoms with van der Waals surface area (Å²) < 4.78 is 5.98. The molecular formula is C22H12ClN5O. The average molecular weight is 398 g/mol. The van der Waals surface area contributed by atoms with Gasteiger partial charge in [0, 0.05) is 22.5 Å². The van der Waals surface area contributed by atoms with Crippen LogP contribution in [-0.2, 0) is 0 Å². The maximum absolute atomic E-state index is 9.40. The minimum Gasteiger partial charge on any atom is -0.454 e. The van der Waals surface area contributed by atoms with Crippen LogP contribution in [0.1, 0.15) is 5.69 Å². The van der Waals surface area contributed by atoms with E-state index < -0.39 is 0 Å². The fourth-order valence-electron chi connectivity index (χ4n) is 3.29. The molecule has 5 aromatic rings. The van der Waals surface area contributed by atoms with E-state index >= 15 is 0 Å². The Morgan fingerprint density at radius 3 is 2.62 bits per heavy atom. The number of nitrogen functional groups attached to an aromatic ring is 1. The molecule has 5 rings (SSSR count). The molecule has 0 fully saturated rings. The van der Waals surface area contributed by atoms with E-state index in [0.717, 1.165) is 16.4 Å². The third-order valence-corrected chi connectivity index (χ3v) is 4.91. The second kappa shape index (κ2) is 6.59. The Labute approximate surface area is 170 Å². The Morgan fingerprint density at radius 2 is 1.79 bits per heavy atom. The number of pyridine rings is 1. The maximum Gasteiger partial charge on any atom is 0.183 e. The van der Waals surface area contributed by atoms with Gasteiger partial charge in [-0.1, -0.05) is 35.9 Å². The molecule has 138 valence electrons. The van der Waals surface area contributed by atoms with Crippen molar-refractivity contribution in [3.05, 3.63) is 71.5 Å². The van der Waals surface area contributed by atoms with Gasteiger partial charge in [0.05, 0.1) is 10.5 Å². The van der Waals surface area contributed by atoms with Gasteiger partial charge in [0.1, 0.15) is 23.0 Å². The average Bonchev–Trinajstić information content (AvgIpc) is 3.17. The largest absolute Gasteiger partial charge is 0.454 e. The van der Waals surface area contributed by atoms with Gasteiger partial charge in [0.15, 0.2) is 17.3 Å². The Hall–Kier alpha value is -3.95. The number of para-hydroxylation sites is 1. The molecule has 6 nitrogen and oxygen atoms in total. The topological polar surface area (TPSA) is 102 Å². The Bertz CT molecular complexity index is 1420. The van der Waals surface area contributed by atoms with Gasteiger partial charge in [-0.15, -0.1) is 0 Å². The number of rotatable bonds is 2. The van der Waals surface area contributed by atoms with Crippen molar-refractivity contribution >= 4 is 39.3 Å². The molecule has 0 saturated heterocycles. The van der Waals surface area contributed by atoms with Crippen molar-refractivity contribution in [3.8, 4) is 28.8 Å². The molecule has 3 heterocycles. The van der Waals surface area contributed by atoms with Crippen molar-refractivity contribution in [1.82, 2.24) is 15.0 Å². The lowest BCUT2D eigenvalue weighted by Gasteiger charge is -2.10. The molecule has 0 aliphatic rings. The van der Waals surface area contributed by atoms with E-state index in [-0.39, 0.29) is 11.5 Å². The first-order valence-corrected chi connectivity index (χ1v) is 9.13. The number of nitrogens with two attached hydrogens (primary N) is 1. The third kappa shape index (κ3) is 2.85. The number of benzene rings is 2. The van der Waals surface area contributed by atoms with Gasteiger partial charge in [-0.2, -0.15) is 5.26 Å². The number of anilines is 1. The molecule has 0 spiro atoms. The van der Waals surface area contributed by atoms with Crippen LogP contribution >= 0.6 is 11.6 Å². The first kappa shape index (κ1) is 17.2. The minimum atomic E-state index is 0.0419. The summed E-state index contributed by atoms with van der Waals surface area (Å²) in [7, 11) is 0. The highest BCUT2D eigenvalue weighted by Gasteiger charge is 2.20. The second-order valence-corrected chi connectivity index (χ2v) is 6.86. The van der Waals surface area contributed by atoms with Gasteiger partial charge < -0.3 is 10.2 Å². The normalized spacial score (nSPS) is 11.0. The predicted molar refractivity (Wildman–Crippen MR) is 112 cm³/mol. The van der Waals surface area contributed by atoms with Crippen LogP contribution in [0.4, 0.5) is 5.82 Å². The first-order chi connectivity index (χ1) is 14.1. The van der Waals surface area contributed by atoms with E-state index in [1.54, 1.807) is 12.3 Å². The lowest BCUT2D eigenvalue weighted by Crippen LogP contribution is -2.03. The van der Waals surface area contributed by atoms with Gasteiger partial charge >= 0.3 is 0 Å². The fraction of sp³-hybridized carbons (Fsp3) is 0.